The summed E-state index contributed by atoms with van der Waals surface area (Å²) in [7, 11) is 0. The van der Waals surface area contributed by atoms with E-state index < -0.39 is 0 Å². The van der Waals surface area contributed by atoms with Crippen LogP contribution in [0.25, 0.3) is 22.4 Å². The number of aromatic nitrogens is 4. The van der Waals surface area contributed by atoms with Crippen LogP contribution in [0, 0.1) is 5.82 Å². The fourth-order valence-electron chi connectivity index (χ4n) is 2.99. The standard InChI is InChI=1S/C21H20FN5O2/c22-15-9-7-14(8-10-15)21-26-20(29-27-21)12-11-19(28)23-13-3-6-18-24-16-4-1-2-5-17(16)25-18/h1-2,4-5,7-10H,3,6,11-13H2,(H,23,28)(H,24,25). The van der Waals surface area contributed by atoms with Gasteiger partial charge in [0, 0.05) is 31.4 Å². The van der Waals surface area contributed by atoms with Crippen LogP contribution in [0.5, 0.6) is 0 Å². The first-order chi connectivity index (χ1) is 14.2. The zero-order valence-corrected chi connectivity index (χ0v) is 15.7. The molecule has 0 aliphatic carbocycles. The number of H-pyrrole nitrogens is 1. The summed E-state index contributed by atoms with van der Waals surface area (Å²) < 4.78 is 18.1. The molecular weight excluding hydrogens is 373 g/mol. The molecule has 2 aromatic heterocycles. The van der Waals surface area contributed by atoms with Crippen molar-refractivity contribution in [3.63, 3.8) is 0 Å². The first-order valence-electron chi connectivity index (χ1n) is 9.46. The molecule has 4 aromatic rings. The van der Waals surface area contributed by atoms with E-state index in [0.29, 0.717) is 30.2 Å². The normalized spacial score (nSPS) is 11.1. The Hall–Kier alpha value is -3.55. The highest BCUT2D eigenvalue weighted by Gasteiger charge is 2.11. The fourth-order valence-corrected chi connectivity index (χ4v) is 2.99. The third-order valence-electron chi connectivity index (χ3n) is 4.49. The number of aromatic amines is 1. The van der Waals surface area contributed by atoms with Crippen molar-refractivity contribution in [1.29, 1.82) is 0 Å². The van der Waals surface area contributed by atoms with E-state index in [4.69, 9.17) is 4.52 Å². The number of benzene rings is 2. The van der Waals surface area contributed by atoms with Crippen LogP contribution in [0.2, 0.25) is 0 Å². The number of amides is 1. The molecule has 0 bridgehead atoms. The number of halogens is 1. The lowest BCUT2D eigenvalue weighted by Crippen LogP contribution is -2.25. The van der Waals surface area contributed by atoms with Crippen molar-refractivity contribution in [3.05, 3.63) is 66.1 Å². The van der Waals surface area contributed by atoms with Crippen LogP contribution in [0.4, 0.5) is 4.39 Å². The van der Waals surface area contributed by atoms with E-state index in [2.05, 4.69) is 25.4 Å². The topological polar surface area (TPSA) is 96.7 Å². The Balaban J connectivity index is 1.19. The molecule has 0 aliphatic rings. The van der Waals surface area contributed by atoms with Crippen molar-refractivity contribution in [2.45, 2.75) is 25.7 Å². The summed E-state index contributed by atoms with van der Waals surface area (Å²) in [5.41, 5.74) is 2.63. The van der Waals surface area contributed by atoms with Crippen LogP contribution < -0.4 is 5.32 Å². The highest BCUT2D eigenvalue weighted by Crippen LogP contribution is 2.16. The van der Waals surface area contributed by atoms with Gasteiger partial charge in [0.15, 0.2) is 0 Å². The molecule has 8 heteroatoms. The second-order valence-electron chi connectivity index (χ2n) is 6.67. The minimum absolute atomic E-state index is 0.0730. The third kappa shape index (κ3) is 4.84. The number of fused-ring (bicyclic) bond motifs is 1. The lowest BCUT2D eigenvalue weighted by Gasteiger charge is -2.03. The number of nitrogens with one attached hydrogen (secondary N) is 2. The number of rotatable bonds is 8. The summed E-state index contributed by atoms with van der Waals surface area (Å²) in [6.07, 6.45) is 2.17. The molecule has 148 valence electrons. The van der Waals surface area contributed by atoms with Gasteiger partial charge in [0.2, 0.25) is 17.6 Å². The van der Waals surface area contributed by atoms with Gasteiger partial charge in [-0.3, -0.25) is 4.79 Å². The number of hydrogen-bond donors (Lipinski definition) is 2. The Morgan fingerprint density at radius 1 is 1.07 bits per heavy atom. The van der Waals surface area contributed by atoms with Crippen molar-refractivity contribution in [2.24, 2.45) is 0 Å². The Labute approximate surface area is 166 Å². The Morgan fingerprint density at radius 2 is 1.90 bits per heavy atom. The largest absolute Gasteiger partial charge is 0.356 e. The first-order valence-corrected chi connectivity index (χ1v) is 9.46. The van der Waals surface area contributed by atoms with Crippen LogP contribution in [-0.2, 0) is 17.6 Å². The SMILES string of the molecule is O=C(CCc1nc(-c2ccc(F)cc2)no1)NCCCc1nc2ccccc2[nH]1. The zero-order valence-electron chi connectivity index (χ0n) is 15.7. The van der Waals surface area contributed by atoms with E-state index in [1.807, 2.05) is 24.3 Å². The minimum atomic E-state index is -0.325. The van der Waals surface area contributed by atoms with Gasteiger partial charge in [0.1, 0.15) is 11.6 Å². The van der Waals surface area contributed by atoms with Gasteiger partial charge >= 0.3 is 0 Å². The van der Waals surface area contributed by atoms with Crippen LogP contribution in [0.3, 0.4) is 0 Å². The number of hydrogen-bond acceptors (Lipinski definition) is 5. The highest BCUT2D eigenvalue weighted by molar-refractivity contribution is 5.76. The summed E-state index contributed by atoms with van der Waals surface area (Å²) in [5.74, 6) is 1.28. The Bertz CT molecular complexity index is 1070. The lowest BCUT2D eigenvalue weighted by atomic mass is 10.2. The van der Waals surface area contributed by atoms with E-state index in [1.165, 1.54) is 12.1 Å². The van der Waals surface area contributed by atoms with Gasteiger partial charge in [-0.25, -0.2) is 9.37 Å². The van der Waals surface area contributed by atoms with E-state index in [1.54, 1.807) is 12.1 Å². The zero-order chi connectivity index (χ0) is 20.1. The quantitative estimate of drug-likeness (QED) is 0.447. The average Bonchev–Trinajstić information content (AvgIpc) is 3.37. The summed E-state index contributed by atoms with van der Waals surface area (Å²) in [5, 5.41) is 6.76. The van der Waals surface area contributed by atoms with Crippen molar-refractivity contribution in [3.8, 4) is 11.4 Å². The van der Waals surface area contributed by atoms with Crippen molar-refractivity contribution < 1.29 is 13.7 Å². The predicted octanol–water partition coefficient (Wildman–Crippen LogP) is 3.43. The molecule has 0 aliphatic heterocycles. The molecule has 1 amide bonds. The number of carbonyl (C=O) groups is 1. The number of para-hydroxylation sites is 2. The molecule has 0 saturated heterocycles. The van der Waals surface area contributed by atoms with Crippen molar-refractivity contribution in [2.75, 3.05) is 6.54 Å². The molecule has 2 heterocycles. The summed E-state index contributed by atoms with van der Waals surface area (Å²) in [6.45, 7) is 0.570. The van der Waals surface area contributed by atoms with Crippen LogP contribution in [0.15, 0.2) is 53.1 Å². The molecule has 0 fully saturated rings. The third-order valence-corrected chi connectivity index (χ3v) is 4.49. The second kappa shape index (κ2) is 8.64. The molecule has 2 N–H and O–H groups in total. The number of carbonyl (C=O) groups excluding carboxylic acids is 1. The van der Waals surface area contributed by atoms with Gasteiger partial charge in [-0.1, -0.05) is 17.3 Å². The van der Waals surface area contributed by atoms with Crippen LogP contribution in [0.1, 0.15) is 24.6 Å². The Kier molecular flexibility index (Phi) is 5.60. The number of nitrogens with zero attached hydrogens (tertiary/aromatic N) is 3. The summed E-state index contributed by atoms with van der Waals surface area (Å²) in [4.78, 5) is 24.1. The maximum atomic E-state index is 13.0. The molecule has 0 unspecified atom stereocenters. The molecule has 29 heavy (non-hydrogen) atoms. The van der Waals surface area contributed by atoms with Gasteiger partial charge < -0.3 is 14.8 Å². The molecule has 2 aromatic carbocycles. The minimum Gasteiger partial charge on any atom is -0.356 e. The molecule has 0 saturated carbocycles. The molecule has 0 spiro atoms. The molecule has 0 atom stereocenters. The van der Waals surface area contributed by atoms with Gasteiger partial charge in [0.25, 0.3) is 0 Å². The number of aryl methyl sites for hydroxylation is 2. The summed E-state index contributed by atoms with van der Waals surface area (Å²) >= 11 is 0. The predicted molar refractivity (Wildman–Crippen MR) is 105 cm³/mol. The number of imidazole rings is 1. The van der Waals surface area contributed by atoms with E-state index in [9.17, 15) is 9.18 Å². The average molecular weight is 393 g/mol. The molecule has 0 radical (unpaired) electrons. The van der Waals surface area contributed by atoms with E-state index in [-0.39, 0.29) is 18.1 Å². The Morgan fingerprint density at radius 3 is 2.72 bits per heavy atom. The first kappa shape index (κ1) is 18.8. The fraction of sp³-hybridized carbons (Fsp3) is 0.238. The van der Waals surface area contributed by atoms with Gasteiger partial charge in [-0.15, -0.1) is 0 Å². The monoisotopic (exact) mass is 393 g/mol. The maximum Gasteiger partial charge on any atom is 0.227 e. The van der Waals surface area contributed by atoms with Crippen LogP contribution >= 0.6 is 0 Å². The van der Waals surface area contributed by atoms with E-state index in [0.717, 1.165) is 29.7 Å². The molecule has 4 rings (SSSR count). The molecule has 7 nitrogen and oxygen atoms in total. The highest BCUT2D eigenvalue weighted by atomic mass is 19.1. The van der Waals surface area contributed by atoms with Gasteiger partial charge in [-0.05, 0) is 42.8 Å². The molecular formula is C21H20FN5O2. The second-order valence-corrected chi connectivity index (χ2v) is 6.67. The van der Waals surface area contributed by atoms with Crippen molar-refractivity contribution in [1.82, 2.24) is 25.4 Å². The van der Waals surface area contributed by atoms with Crippen LogP contribution in [-0.4, -0.2) is 32.6 Å². The van der Waals surface area contributed by atoms with Gasteiger partial charge in [0.05, 0.1) is 11.0 Å². The lowest BCUT2D eigenvalue weighted by molar-refractivity contribution is -0.121. The van der Waals surface area contributed by atoms with Crippen molar-refractivity contribution >= 4 is 16.9 Å². The van der Waals surface area contributed by atoms with Gasteiger partial charge in [-0.2, -0.15) is 4.98 Å². The van der Waals surface area contributed by atoms with E-state index >= 15 is 0 Å². The summed E-state index contributed by atoms with van der Waals surface area (Å²) in [6, 6.07) is 13.7. The maximum absolute atomic E-state index is 13.0. The smallest absolute Gasteiger partial charge is 0.227 e.